The number of piperidine rings is 1. The minimum atomic E-state index is 0.740. The third-order valence-electron chi connectivity index (χ3n) is 5.36. The fraction of sp³-hybridized carbons (Fsp3) is 0.812. The summed E-state index contributed by atoms with van der Waals surface area (Å²) in [5, 5.41) is 0. The quantitative estimate of drug-likeness (QED) is 0.906. The second-order valence-electron chi connectivity index (χ2n) is 6.73. The molecule has 0 saturated carbocycles. The molecule has 1 aromatic heterocycles. The van der Waals surface area contributed by atoms with Crippen LogP contribution in [-0.2, 0) is 6.54 Å². The topological polar surface area (TPSA) is 38.4 Å². The van der Waals surface area contributed by atoms with E-state index in [0.717, 1.165) is 24.3 Å². The highest BCUT2D eigenvalue weighted by Crippen LogP contribution is 2.25. The first-order chi connectivity index (χ1) is 10.2. The number of piperazine rings is 1. The van der Waals surface area contributed by atoms with Crippen LogP contribution in [0.5, 0.6) is 0 Å². The first kappa shape index (κ1) is 15.0. The van der Waals surface area contributed by atoms with Crippen molar-refractivity contribution in [2.45, 2.75) is 32.4 Å². The van der Waals surface area contributed by atoms with Gasteiger partial charge >= 0.3 is 0 Å². The second-order valence-corrected chi connectivity index (χ2v) is 6.73. The second kappa shape index (κ2) is 6.90. The summed E-state index contributed by atoms with van der Waals surface area (Å²) in [6.45, 7) is 10.8. The monoisotopic (exact) mass is 291 g/mol. The van der Waals surface area contributed by atoms with Crippen molar-refractivity contribution >= 4 is 0 Å². The van der Waals surface area contributed by atoms with Crippen molar-refractivity contribution in [3.63, 3.8) is 0 Å². The van der Waals surface area contributed by atoms with Crippen LogP contribution in [0.15, 0.2) is 12.4 Å². The van der Waals surface area contributed by atoms with Crippen molar-refractivity contribution in [2.75, 3.05) is 46.3 Å². The van der Waals surface area contributed by atoms with E-state index in [-0.39, 0.29) is 0 Å². The molecule has 2 saturated heterocycles. The first-order valence-electron chi connectivity index (χ1n) is 8.35. The highest BCUT2D eigenvalue weighted by atomic mass is 15.3. The Bertz CT molecular complexity index is 402. The summed E-state index contributed by atoms with van der Waals surface area (Å²) in [7, 11) is 2.23. The van der Waals surface area contributed by atoms with Gasteiger partial charge in [-0.1, -0.05) is 0 Å². The van der Waals surface area contributed by atoms with Gasteiger partial charge in [0.25, 0.3) is 0 Å². The van der Waals surface area contributed by atoms with Gasteiger partial charge in [0, 0.05) is 44.6 Å². The number of rotatable bonds is 4. The molecule has 5 nitrogen and oxygen atoms in total. The third-order valence-corrected chi connectivity index (χ3v) is 5.36. The fourth-order valence-corrected chi connectivity index (χ4v) is 3.72. The molecule has 0 amide bonds. The molecule has 3 heterocycles. The van der Waals surface area contributed by atoms with Gasteiger partial charge in [-0.15, -0.1) is 0 Å². The molecule has 2 aliphatic rings. The molecular weight excluding hydrogens is 262 g/mol. The van der Waals surface area contributed by atoms with Crippen LogP contribution in [0.2, 0.25) is 0 Å². The van der Waals surface area contributed by atoms with Gasteiger partial charge in [0.15, 0.2) is 0 Å². The summed E-state index contributed by atoms with van der Waals surface area (Å²) in [5.74, 6) is 1.96. The lowest BCUT2D eigenvalue weighted by Gasteiger charge is -2.42. The third kappa shape index (κ3) is 3.84. The van der Waals surface area contributed by atoms with Crippen molar-refractivity contribution in [3.8, 4) is 0 Å². The standard InChI is InChI=1S/C16H29N5/c1-14(21-11-9-19(2)10-12-21)15-3-7-20(8-4-15)13-16-17-5-6-18-16/h5-6,14-15H,3-4,7-13H2,1-2H3,(H,17,18)/t14-/m1/s1. The van der Waals surface area contributed by atoms with Crippen LogP contribution in [0.4, 0.5) is 0 Å². The number of hydrogen-bond donors (Lipinski definition) is 1. The highest BCUT2D eigenvalue weighted by Gasteiger charge is 2.29. The van der Waals surface area contributed by atoms with Gasteiger partial charge in [0.05, 0.1) is 6.54 Å². The molecule has 0 aromatic carbocycles. The lowest BCUT2D eigenvalue weighted by Crippen LogP contribution is -2.51. The maximum atomic E-state index is 4.33. The van der Waals surface area contributed by atoms with Crippen LogP contribution in [0, 0.1) is 5.92 Å². The molecule has 21 heavy (non-hydrogen) atoms. The number of nitrogens with one attached hydrogen (secondary N) is 1. The molecule has 1 atom stereocenters. The number of H-pyrrole nitrogens is 1. The normalized spacial score (nSPS) is 25.2. The number of likely N-dealkylation sites (N-methyl/N-ethyl adjacent to an activating group) is 1. The smallest absolute Gasteiger partial charge is 0.120 e. The molecule has 1 aromatic rings. The van der Waals surface area contributed by atoms with Gasteiger partial charge in [0.2, 0.25) is 0 Å². The average Bonchev–Trinajstić information content (AvgIpc) is 3.01. The molecule has 118 valence electrons. The molecule has 5 heteroatoms. The van der Waals surface area contributed by atoms with Gasteiger partial charge in [0.1, 0.15) is 5.82 Å². The average molecular weight is 291 g/mol. The Balaban J connectivity index is 1.44. The fourth-order valence-electron chi connectivity index (χ4n) is 3.72. The SMILES string of the molecule is C[C@H](C1CCN(Cc2ncc[nH]2)CC1)N1CCN(C)CC1. The van der Waals surface area contributed by atoms with Crippen molar-refractivity contribution in [3.05, 3.63) is 18.2 Å². The Morgan fingerprint density at radius 3 is 2.52 bits per heavy atom. The molecule has 3 rings (SSSR count). The maximum absolute atomic E-state index is 4.33. The maximum Gasteiger partial charge on any atom is 0.120 e. The number of nitrogens with zero attached hydrogens (tertiary/aromatic N) is 4. The summed E-state index contributed by atoms with van der Waals surface area (Å²) in [6.07, 6.45) is 6.41. The summed E-state index contributed by atoms with van der Waals surface area (Å²) in [5.41, 5.74) is 0. The zero-order valence-corrected chi connectivity index (χ0v) is 13.5. The molecule has 0 aliphatic carbocycles. The summed E-state index contributed by atoms with van der Waals surface area (Å²) >= 11 is 0. The van der Waals surface area contributed by atoms with Crippen LogP contribution in [0.1, 0.15) is 25.6 Å². The molecule has 2 aliphatic heterocycles. The summed E-state index contributed by atoms with van der Waals surface area (Å²) in [6, 6.07) is 0.740. The van der Waals surface area contributed by atoms with Crippen LogP contribution in [0.3, 0.4) is 0 Å². The minimum absolute atomic E-state index is 0.740. The van der Waals surface area contributed by atoms with Gasteiger partial charge in [-0.25, -0.2) is 4.98 Å². The van der Waals surface area contributed by atoms with Crippen LogP contribution < -0.4 is 0 Å². The van der Waals surface area contributed by atoms with E-state index < -0.39 is 0 Å². The van der Waals surface area contributed by atoms with E-state index >= 15 is 0 Å². The van der Waals surface area contributed by atoms with Gasteiger partial charge in [-0.3, -0.25) is 9.80 Å². The number of hydrogen-bond acceptors (Lipinski definition) is 4. The van der Waals surface area contributed by atoms with Gasteiger partial charge < -0.3 is 9.88 Å². The molecule has 0 radical (unpaired) electrons. The predicted molar refractivity (Wildman–Crippen MR) is 85.1 cm³/mol. The molecule has 0 unspecified atom stereocenters. The van der Waals surface area contributed by atoms with Gasteiger partial charge in [-0.05, 0) is 45.8 Å². The Morgan fingerprint density at radius 2 is 1.90 bits per heavy atom. The number of likely N-dealkylation sites (tertiary alicyclic amines) is 1. The van der Waals surface area contributed by atoms with Crippen molar-refractivity contribution in [1.82, 2.24) is 24.7 Å². The van der Waals surface area contributed by atoms with Crippen LogP contribution in [-0.4, -0.2) is 77.0 Å². The van der Waals surface area contributed by atoms with E-state index in [2.05, 4.69) is 38.6 Å². The molecule has 2 fully saturated rings. The largest absolute Gasteiger partial charge is 0.348 e. The minimum Gasteiger partial charge on any atom is -0.348 e. The van der Waals surface area contributed by atoms with E-state index in [1.165, 1.54) is 52.1 Å². The summed E-state index contributed by atoms with van der Waals surface area (Å²) < 4.78 is 0. The first-order valence-corrected chi connectivity index (χ1v) is 8.35. The Hall–Kier alpha value is -0.910. The lowest BCUT2D eigenvalue weighted by atomic mass is 9.89. The summed E-state index contributed by atoms with van der Waals surface area (Å²) in [4.78, 5) is 15.2. The van der Waals surface area contributed by atoms with Crippen LogP contribution >= 0.6 is 0 Å². The van der Waals surface area contributed by atoms with E-state index in [1.807, 2.05) is 12.4 Å². The van der Waals surface area contributed by atoms with Crippen LogP contribution in [0.25, 0.3) is 0 Å². The molecule has 1 N–H and O–H groups in total. The van der Waals surface area contributed by atoms with E-state index in [1.54, 1.807) is 0 Å². The van der Waals surface area contributed by atoms with Crippen molar-refractivity contribution in [2.24, 2.45) is 5.92 Å². The number of imidazole rings is 1. The van der Waals surface area contributed by atoms with E-state index in [4.69, 9.17) is 0 Å². The highest BCUT2D eigenvalue weighted by molar-refractivity contribution is 4.89. The predicted octanol–water partition coefficient (Wildman–Crippen LogP) is 1.26. The van der Waals surface area contributed by atoms with E-state index in [9.17, 15) is 0 Å². The Labute approximate surface area is 128 Å². The Kier molecular flexibility index (Phi) is 4.93. The van der Waals surface area contributed by atoms with Crippen molar-refractivity contribution in [1.29, 1.82) is 0 Å². The van der Waals surface area contributed by atoms with Gasteiger partial charge in [-0.2, -0.15) is 0 Å². The number of aromatic nitrogens is 2. The lowest BCUT2D eigenvalue weighted by molar-refractivity contribution is 0.0594. The Morgan fingerprint density at radius 1 is 1.19 bits per heavy atom. The zero-order chi connectivity index (χ0) is 14.7. The van der Waals surface area contributed by atoms with Crippen molar-refractivity contribution < 1.29 is 0 Å². The van der Waals surface area contributed by atoms with E-state index in [0.29, 0.717) is 0 Å². The zero-order valence-electron chi connectivity index (χ0n) is 13.5. The molecule has 0 spiro atoms. The molecular formula is C16H29N5. The number of aromatic amines is 1. The molecule has 0 bridgehead atoms.